The molecule has 0 heterocycles. The summed E-state index contributed by atoms with van der Waals surface area (Å²) in [4.78, 5) is 12.0. The number of benzene rings is 1. The number of carbonyl (C=O) groups is 1. The Labute approximate surface area is 103 Å². The predicted octanol–water partition coefficient (Wildman–Crippen LogP) is 3.00. The summed E-state index contributed by atoms with van der Waals surface area (Å²) in [5.41, 5.74) is 0.609. The van der Waals surface area contributed by atoms with Crippen molar-refractivity contribution < 1.29 is 9.53 Å². The van der Waals surface area contributed by atoms with Gasteiger partial charge in [-0.2, -0.15) is 0 Å². The lowest BCUT2D eigenvalue weighted by Gasteiger charge is -2.14. The van der Waals surface area contributed by atoms with Crippen molar-refractivity contribution in [1.82, 2.24) is 5.32 Å². The Morgan fingerprint density at radius 1 is 1.35 bits per heavy atom. The molecule has 1 aromatic carbocycles. The first kappa shape index (κ1) is 13.6. The summed E-state index contributed by atoms with van der Waals surface area (Å²) in [6, 6.07) is 7.53. The molecule has 0 fully saturated rings. The second-order valence-electron chi connectivity index (χ2n) is 4.09. The fourth-order valence-corrected chi connectivity index (χ4v) is 1.74. The topological polar surface area (TPSA) is 38.3 Å². The zero-order valence-electron chi connectivity index (χ0n) is 10.8. The molecule has 0 radical (unpaired) electrons. The second-order valence-corrected chi connectivity index (χ2v) is 4.09. The maximum atomic E-state index is 12.0. The van der Waals surface area contributed by atoms with Crippen LogP contribution in [0.5, 0.6) is 5.75 Å². The number of carbonyl (C=O) groups excluding carboxylic acids is 1. The van der Waals surface area contributed by atoms with E-state index in [-0.39, 0.29) is 11.9 Å². The fraction of sp³-hybridized carbons (Fsp3) is 0.500. The van der Waals surface area contributed by atoms with Crippen LogP contribution in [0.4, 0.5) is 0 Å². The minimum absolute atomic E-state index is 0.0602. The molecule has 17 heavy (non-hydrogen) atoms. The van der Waals surface area contributed by atoms with E-state index in [0.717, 1.165) is 12.8 Å². The molecule has 1 rings (SSSR count). The third-order valence-electron chi connectivity index (χ3n) is 2.53. The molecule has 0 unspecified atom stereocenters. The molecule has 3 heteroatoms. The zero-order valence-corrected chi connectivity index (χ0v) is 10.8. The molecule has 0 saturated carbocycles. The number of nitrogens with one attached hydrogen (secondary N) is 1. The van der Waals surface area contributed by atoms with Crippen molar-refractivity contribution in [2.45, 2.75) is 39.7 Å². The largest absolute Gasteiger partial charge is 0.493 e. The molecule has 1 atom stereocenters. The molecule has 3 nitrogen and oxygen atoms in total. The van der Waals surface area contributed by atoms with Crippen molar-refractivity contribution in [3.05, 3.63) is 29.8 Å². The molecule has 0 saturated heterocycles. The summed E-state index contributed by atoms with van der Waals surface area (Å²) in [6.07, 6.45) is 2.05. The van der Waals surface area contributed by atoms with Crippen molar-refractivity contribution in [2.75, 3.05) is 6.61 Å². The van der Waals surface area contributed by atoms with Crippen LogP contribution in [0.1, 0.15) is 44.0 Å². The van der Waals surface area contributed by atoms with Gasteiger partial charge in [0.25, 0.3) is 5.91 Å². The van der Waals surface area contributed by atoms with Gasteiger partial charge in [-0.1, -0.05) is 25.5 Å². The fourth-order valence-electron chi connectivity index (χ4n) is 1.74. The molecule has 0 spiro atoms. The molecule has 0 aliphatic heterocycles. The van der Waals surface area contributed by atoms with Crippen LogP contribution in [0, 0.1) is 0 Å². The van der Waals surface area contributed by atoms with Gasteiger partial charge in [0.15, 0.2) is 0 Å². The maximum Gasteiger partial charge on any atom is 0.255 e. The first-order valence-electron chi connectivity index (χ1n) is 6.21. The molecule has 0 aliphatic carbocycles. The van der Waals surface area contributed by atoms with E-state index in [1.807, 2.05) is 32.0 Å². The monoisotopic (exact) mass is 235 g/mol. The molecular formula is C14H21NO2. The summed E-state index contributed by atoms with van der Waals surface area (Å²) in [5.74, 6) is 0.589. The van der Waals surface area contributed by atoms with Gasteiger partial charge >= 0.3 is 0 Å². The number of hydrogen-bond donors (Lipinski definition) is 1. The van der Waals surface area contributed by atoms with Crippen molar-refractivity contribution in [1.29, 1.82) is 0 Å². The van der Waals surface area contributed by atoms with Crippen LogP contribution in [0.3, 0.4) is 0 Å². The Morgan fingerprint density at radius 2 is 2.06 bits per heavy atom. The Balaban J connectivity index is 2.74. The van der Waals surface area contributed by atoms with Crippen molar-refractivity contribution in [2.24, 2.45) is 0 Å². The van der Waals surface area contributed by atoms with Crippen LogP contribution in [0.2, 0.25) is 0 Å². The maximum absolute atomic E-state index is 12.0. The van der Waals surface area contributed by atoms with E-state index in [2.05, 4.69) is 12.2 Å². The standard InChI is InChI=1S/C14H21NO2/c1-4-8-11(3)15-14(16)12-9-6-7-10-13(12)17-5-2/h6-7,9-11H,4-5,8H2,1-3H3,(H,15,16)/t11-/m0/s1. The van der Waals surface area contributed by atoms with Gasteiger partial charge in [-0.3, -0.25) is 4.79 Å². The van der Waals surface area contributed by atoms with Gasteiger partial charge in [0, 0.05) is 6.04 Å². The molecule has 0 aromatic heterocycles. The molecule has 94 valence electrons. The third kappa shape index (κ3) is 4.10. The highest BCUT2D eigenvalue weighted by atomic mass is 16.5. The highest BCUT2D eigenvalue weighted by molar-refractivity contribution is 5.97. The number of para-hydroxylation sites is 1. The summed E-state index contributed by atoms with van der Waals surface area (Å²) in [6.45, 7) is 6.60. The van der Waals surface area contributed by atoms with Crippen molar-refractivity contribution >= 4 is 5.91 Å². The number of amides is 1. The number of ether oxygens (including phenoxy) is 1. The van der Waals surface area contributed by atoms with Crippen LogP contribution >= 0.6 is 0 Å². The lowest BCUT2D eigenvalue weighted by molar-refractivity contribution is 0.0934. The Kier molecular flexibility index (Phi) is 5.53. The first-order valence-corrected chi connectivity index (χ1v) is 6.21. The summed E-state index contributed by atoms with van der Waals surface area (Å²) >= 11 is 0. The van der Waals surface area contributed by atoms with E-state index in [1.54, 1.807) is 6.07 Å². The molecule has 1 aromatic rings. The zero-order chi connectivity index (χ0) is 12.7. The van der Waals surface area contributed by atoms with Gasteiger partial charge in [0.05, 0.1) is 12.2 Å². The molecule has 1 N–H and O–H groups in total. The van der Waals surface area contributed by atoms with Crippen LogP contribution < -0.4 is 10.1 Å². The molecule has 0 aliphatic rings. The van der Waals surface area contributed by atoms with Gasteiger partial charge in [-0.15, -0.1) is 0 Å². The lowest BCUT2D eigenvalue weighted by atomic mass is 10.1. The van der Waals surface area contributed by atoms with Crippen LogP contribution in [0.25, 0.3) is 0 Å². The predicted molar refractivity (Wildman–Crippen MR) is 69.4 cm³/mol. The van der Waals surface area contributed by atoms with Crippen molar-refractivity contribution in [3.63, 3.8) is 0 Å². The minimum atomic E-state index is -0.0602. The molecule has 1 amide bonds. The third-order valence-corrected chi connectivity index (χ3v) is 2.53. The van der Waals surface area contributed by atoms with Gasteiger partial charge in [0.2, 0.25) is 0 Å². The minimum Gasteiger partial charge on any atom is -0.493 e. The van der Waals surface area contributed by atoms with E-state index >= 15 is 0 Å². The quantitative estimate of drug-likeness (QED) is 0.823. The van der Waals surface area contributed by atoms with Gasteiger partial charge in [-0.25, -0.2) is 0 Å². The normalized spacial score (nSPS) is 11.9. The SMILES string of the molecule is CCC[C@H](C)NC(=O)c1ccccc1OCC. The van der Waals surface area contributed by atoms with E-state index < -0.39 is 0 Å². The Bertz CT molecular complexity index is 363. The average Bonchev–Trinajstić information content (AvgIpc) is 2.30. The average molecular weight is 235 g/mol. The van der Waals surface area contributed by atoms with Gasteiger partial charge in [-0.05, 0) is 32.4 Å². The van der Waals surface area contributed by atoms with E-state index in [9.17, 15) is 4.79 Å². The van der Waals surface area contributed by atoms with Crippen molar-refractivity contribution in [3.8, 4) is 5.75 Å². The smallest absolute Gasteiger partial charge is 0.255 e. The highest BCUT2D eigenvalue weighted by Crippen LogP contribution is 2.17. The Hall–Kier alpha value is -1.51. The first-order chi connectivity index (χ1) is 8.19. The van der Waals surface area contributed by atoms with E-state index in [4.69, 9.17) is 4.74 Å². The summed E-state index contributed by atoms with van der Waals surface area (Å²) in [5, 5.41) is 2.98. The summed E-state index contributed by atoms with van der Waals surface area (Å²) < 4.78 is 5.44. The lowest BCUT2D eigenvalue weighted by Crippen LogP contribution is -2.32. The van der Waals surface area contributed by atoms with Gasteiger partial charge in [0.1, 0.15) is 5.75 Å². The number of rotatable bonds is 6. The van der Waals surface area contributed by atoms with Crippen LogP contribution in [-0.4, -0.2) is 18.6 Å². The summed E-state index contributed by atoms with van der Waals surface area (Å²) in [7, 11) is 0. The van der Waals surface area contributed by atoms with Gasteiger partial charge < -0.3 is 10.1 Å². The number of hydrogen-bond acceptors (Lipinski definition) is 2. The molecule has 0 bridgehead atoms. The van der Waals surface area contributed by atoms with E-state index in [1.165, 1.54) is 0 Å². The van der Waals surface area contributed by atoms with E-state index in [0.29, 0.717) is 17.9 Å². The van der Waals surface area contributed by atoms with Crippen LogP contribution in [-0.2, 0) is 0 Å². The highest BCUT2D eigenvalue weighted by Gasteiger charge is 2.13. The molecular weight excluding hydrogens is 214 g/mol. The van der Waals surface area contributed by atoms with Crippen LogP contribution in [0.15, 0.2) is 24.3 Å². The Morgan fingerprint density at radius 3 is 2.71 bits per heavy atom. The second kappa shape index (κ2) is 6.94.